The Bertz CT molecular complexity index is 1540. The molecule has 0 bridgehead atoms. The van der Waals surface area contributed by atoms with Crippen LogP contribution in [0.3, 0.4) is 0 Å². The summed E-state index contributed by atoms with van der Waals surface area (Å²) in [5.41, 5.74) is 4.27. The number of fused-ring (bicyclic) bond motifs is 2. The second kappa shape index (κ2) is 13.0. The lowest BCUT2D eigenvalue weighted by Gasteiger charge is -2.33. The van der Waals surface area contributed by atoms with E-state index in [0.29, 0.717) is 13.1 Å². The summed E-state index contributed by atoms with van der Waals surface area (Å²) in [5.74, 6) is -0.150. The standard InChI is InChI=1S/C28H36N6O3S3Si/c1-15(2)24(33-28(36)37-3)25(35)34-10-4-5-20(34)21(38)13-29-26-31-18-8-6-16(11-22(18)39-26)17-7-9-19-23(12-17)40-27(32-19)30-14-41/h6-9,11-12,15,20-21,24,38H,4-5,10,13-14H2,1-3,41H3,(H,29,31)(H,30,32)(H,33,36). The van der Waals surface area contributed by atoms with Crippen LogP contribution < -0.4 is 16.0 Å². The van der Waals surface area contributed by atoms with Crippen LogP contribution in [0.15, 0.2) is 36.4 Å². The monoisotopic (exact) mass is 628 g/mol. The molecule has 1 saturated heterocycles. The zero-order valence-electron chi connectivity index (χ0n) is 23.6. The lowest BCUT2D eigenvalue weighted by Crippen LogP contribution is -2.54. The maximum absolute atomic E-state index is 13.4. The van der Waals surface area contributed by atoms with Gasteiger partial charge in [0.2, 0.25) is 5.91 Å². The molecule has 1 aliphatic heterocycles. The van der Waals surface area contributed by atoms with Crippen molar-refractivity contribution in [1.82, 2.24) is 20.2 Å². The number of carbonyl (C=O) groups excluding carboxylic acids is 2. The first-order chi connectivity index (χ1) is 19.8. The van der Waals surface area contributed by atoms with Crippen molar-refractivity contribution >= 4 is 88.2 Å². The van der Waals surface area contributed by atoms with E-state index in [0.717, 1.165) is 66.4 Å². The lowest BCUT2D eigenvalue weighted by molar-refractivity contribution is -0.135. The molecule has 3 unspecified atom stereocenters. The van der Waals surface area contributed by atoms with Crippen LogP contribution in [-0.4, -0.2) is 80.8 Å². The van der Waals surface area contributed by atoms with Gasteiger partial charge in [-0.25, -0.2) is 14.8 Å². The van der Waals surface area contributed by atoms with Gasteiger partial charge >= 0.3 is 6.09 Å². The number of thiol groups is 1. The van der Waals surface area contributed by atoms with Crippen LogP contribution in [0, 0.1) is 5.92 Å². The third kappa shape index (κ3) is 6.63. The van der Waals surface area contributed by atoms with Crippen molar-refractivity contribution < 1.29 is 14.3 Å². The molecule has 5 rings (SSSR count). The number of nitrogens with zero attached hydrogens (tertiary/aromatic N) is 3. The molecular weight excluding hydrogens is 593 g/mol. The fourth-order valence-electron chi connectivity index (χ4n) is 5.18. The fraction of sp³-hybridized carbons (Fsp3) is 0.429. The summed E-state index contributed by atoms with van der Waals surface area (Å²) in [7, 11) is 2.39. The van der Waals surface area contributed by atoms with Gasteiger partial charge in [-0.2, -0.15) is 12.6 Å². The smallest absolute Gasteiger partial charge is 0.407 e. The third-order valence-electron chi connectivity index (χ3n) is 7.32. The molecule has 0 radical (unpaired) electrons. The van der Waals surface area contributed by atoms with Crippen LogP contribution in [0.4, 0.5) is 15.1 Å². The first-order valence-electron chi connectivity index (χ1n) is 13.9. The van der Waals surface area contributed by atoms with E-state index < -0.39 is 12.1 Å². The lowest BCUT2D eigenvalue weighted by atomic mass is 10.0. The fourth-order valence-corrected chi connectivity index (χ4v) is 8.06. The molecule has 3 heterocycles. The number of anilines is 2. The van der Waals surface area contributed by atoms with Crippen molar-refractivity contribution in [3.63, 3.8) is 0 Å². The minimum absolute atomic E-state index is 0.0308. The number of alkyl carbamates (subject to hydrolysis) is 1. The van der Waals surface area contributed by atoms with Crippen molar-refractivity contribution in [2.75, 3.05) is 37.0 Å². The summed E-state index contributed by atoms with van der Waals surface area (Å²) in [6.07, 6.45) is 2.17. The van der Waals surface area contributed by atoms with E-state index in [4.69, 9.17) is 22.3 Å². The summed E-state index contributed by atoms with van der Waals surface area (Å²) < 4.78 is 7.01. The largest absolute Gasteiger partial charge is 0.453 e. The molecule has 0 saturated carbocycles. The first-order valence-corrected chi connectivity index (χ1v) is 17.5. The highest BCUT2D eigenvalue weighted by Gasteiger charge is 2.38. The molecule has 218 valence electrons. The van der Waals surface area contributed by atoms with Gasteiger partial charge in [-0.3, -0.25) is 4.79 Å². The number of likely N-dealkylation sites (tertiary alicyclic amines) is 1. The van der Waals surface area contributed by atoms with Gasteiger partial charge in [0, 0.05) is 34.6 Å². The van der Waals surface area contributed by atoms with Gasteiger partial charge in [0.1, 0.15) is 6.04 Å². The van der Waals surface area contributed by atoms with Crippen LogP contribution in [-0.2, 0) is 9.53 Å². The molecule has 4 aromatic rings. The van der Waals surface area contributed by atoms with Gasteiger partial charge in [-0.1, -0.05) is 48.7 Å². The van der Waals surface area contributed by atoms with Crippen molar-refractivity contribution in [2.24, 2.45) is 5.92 Å². The van der Waals surface area contributed by atoms with Gasteiger partial charge in [0.25, 0.3) is 0 Å². The number of benzene rings is 2. The summed E-state index contributed by atoms with van der Waals surface area (Å²) >= 11 is 8.20. The molecule has 3 atom stereocenters. The maximum Gasteiger partial charge on any atom is 0.407 e. The molecule has 2 aromatic carbocycles. The summed E-state index contributed by atoms with van der Waals surface area (Å²) in [5, 5.41) is 11.2. The Morgan fingerprint density at radius 3 is 2.24 bits per heavy atom. The number of ether oxygens (including phenoxy) is 1. The Morgan fingerprint density at radius 2 is 1.68 bits per heavy atom. The summed E-state index contributed by atoms with van der Waals surface area (Å²) in [4.78, 5) is 36.5. The number of rotatable bonds is 10. The quantitative estimate of drug-likeness (QED) is 0.152. The van der Waals surface area contributed by atoms with Gasteiger partial charge < -0.3 is 25.6 Å². The molecule has 0 aliphatic carbocycles. The van der Waals surface area contributed by atoms with E-state index in [-0.39, 0.29) is 23.1 Å². The number of hydrogen-bond acceptors (Lipinski definition) is 10. The Balaban J connectivity index is 1.25. The SMILES string of the molecule is COC(=O)NC(C(=O)N1CCCC1C(S)CNc1nc2ccc(-c3ccc4nc(NC[SiH3])sc4c3)cc2s1)C(C)C. The molecule has 1 aliphatic rings. The Kier molecular flexibility index (Phi) is 9.37. The second-order valence-corrected chi connectivity index (χ2v) is 13.9. The van der Waals surface area contributed by atoms with Crippen LogP contribution >= 0.6 is 35.3 Å². The molecule has 1 fully saturated rings. The Labute approximate surface area is 256 Å². The zero-order valence-corrected chi connectivity index (χ0v) is 28.2. The number of thiazole rings is 2. The molecule has 0 spiro atoms. The average Bonchev–Trinajstić information content (AvgIpc) is 3.71. The minimum Gasteiger partial charge on any atom is -0.453 e. The minimum atomic E-state index is -0.636. The van der Waals surface area contributed by atoms with E-state index in [1.165, 1.54) is 11.8 Å². The average molecular weight is 629 g/mol. The summed E-state index contributed by atoms with van der Waals surface area (Å²) in [6, 6.07) is 12.1. The predicted molar refractivity (Wildman–Crippen MR) is 177 cm³/mol. The third-order valence-corrected chi connectivity index (χ3v) is 10.2. The number of carbonyl (C=O) groups is 2. The number of hydrogen-bond donors (Lipinski definition) is 4. The van der Waals surface area contributed by atoms with Crippen LogP contribution in [0.2, 0.25) is 0 Å². The highest BCUT2D eigenvalue weighted by Crippen LogP contribution is 2.34. The molecule has 3 N–H and O–H groups in total. The molecule has 41 heavy (non-hydrogen) atoms. The second-order valence-electron chi connectivity index (χ2n) is 10.5. The topological polar surface area (TPSA) is 108 Å². The maximum atomic E-state index is 13.4. The normalized spacial score (nSPS) is 16.8. The van der Waals surface area contributed by atoms with Gasteiger partial charge in [-0.15, -0.1) is 0 Å². The number of methoxy groups -OCH3 is 1. The highest BCUT2D eigenvalue weighted by atomic mass is 32.1. The van der Waals surface area contributed by atoms with Crippen molar-refractivity contribution in [3.05, 3.63) is 36.4 Å². The molecule has 2 amide bonds. The predicted octanol–water partition coefficient (Wildman–Crippen LogP) is 4.39. The highest BCUT2D eigenvalue weighted by molar-refractivity contribution is 7.81. The molecule has 2 aromatic heterocycles. The zero-order chi connectivity index (χ0) is 29.1. The van der Waals surface area contributed by atoms with E-state index >= 15 is 0 Å². The molecule has 13 heteroatoms. The van der Waals surface area contributed by atoms with Crippen LogP contribution in [0.1, 0.15) is 26.7 Å². The number of nitrogens with one attached hydrogen (secondary N) is 3. The Hall–Kier alpha value is -2.87. The summed E-state index contributed by atoms with van der Waals surface area (Å²) in [6.45, 7) is 5.06. The van der Waals surface area contributed by atoms with E-state index in [9.17, 15) is 9.59 Å². The number of amides is 2. The molecular formula is C28H36N6O3S3Si. The van der Waals surface area contributed by atoms with Crippen molar-refractivity contribution in [2.45, 2.75) is 44.0 Å². The van der Waals surface area contributed by atoms with Gasteiger partial charge in [0.15, 0.2) is 10.3 Å². The van der Waals surface area contributed by atoms with Gasteiger partial charge in [-0.05, 0) is 60.3 Å². The van der Waals surface area contributed by atoms with Crippen molar-refractivity contribution in [1.29, 1.82) is 0 Å². The first kappa shape index (κ1) is 29.6. The van der Waals surface area contributed by atoms with E-state index in [1.54, 1.807) is 22.7 Å². The Morgan fingerprint density at radius 1 is 1.07 bits per heavy atom. The van der Waals surface area contributed by atoms with Crippen LogP contribution in [0.25, 0.3) is 31.6 Å². The molecule has 9 nitrogen and oxygen atoms in total. The van der Waals surface area contributed by atoms with Crippen molar-refractivity contribution in [3.8, 4) is 11.1 Å². The van der Waals surface area contributed by atoms with Gasteiger partial charge in [0.05, 0.1) is 27.5 Å². The van der Waals surface area contributed by atoms with E-state index in [1.807, 2.05) is 18.7 Å². The van der Waals surface area contributed by atoms with E-state index in [2.05, 4.69) is 57.3 Å². The van der Waals surface area contributed by atoms with Crippen LogP contribution in [0.5, 0.6) is 0 Å². The number of aromatic nitrogens is 2.